The Morgan fingerprint density at radius 3 is 2.46 bits per heavy atom. The van der Waals surface area contributed by atoms with Crippen molar-refractivity contribution in [1.82, 2.24) is 10.6 Å². The van der Waals surface area contributed by atoms with Crippen LogP contribution in [-0.2, 0) is 13.1 Å². The van der Waals surface area contributed by atoms with E-state index in [9.17, 15) is 10.1 Å². The predicted molar refractivity (Wildman–Crippen MR) is 96.2 cm³/mol. The van der Waals surface area contributed by atoms with Gasteiger partial charge in [0.15, 0.2) is 5.96 Å². The van der Waals surface area contributed by atoms with E-state index in [0.717, 1.165) is 5.56 Å². The van der Waals surface area contributed by atoms with Gasteiger partial charge in [-0.2, -0.15) is 0 Å². The topological polar surface area (TPSA) is 79.6 Å². The number of nitro benzene ring substituents is 1. The molecule has 7 heteroatoms. The van der Waals surface area contributed by atoms with Gasteiger partial charge >= 0.3 is 0 Å². The van der Waals surface area contributed by atoms with Gasteiger partial charge in [-0.3, -0.25) is 10.1 Å². The molecule has 0 atom stereocenters. The third-order valence-corrected chi connectivity index (χ3v) is 3.71. The van der Waals surface area contributed by atoms with Crippen LogP contribution in [0.25, 0.3) is 0 Å². The lowest BCUT2D eigenvalue weighted by Crippen LogP contribution is -2.36. The molecule has 6 nitrogen and oxygen atoms in total. The van der Waals surface area contributed by atoms with Gasteiger partial charge in [-0.25, -0.2) is 4.99 Å². The Labute approximate surface area is 145 Å². The molecule has 0 aliphatic rings. The van der Waals surface area contributed by atoms with E-state index in [0.29, 0.717) is 36.2 Å². The summed E-state index contributed by atoms with van der Waals surface area (Å²) < 4.78 is 0. The lowest BCUT2D eigenvalue weighted by Gasteiger charge is -2.12. The van der Waals surface area contributed by atoms with Crippen LogP contribution < -0.4 is 10.6 Å². The average Bonchev–Trinajstić information content (AvgIpc) is 2.58. The Bertz CT molecular complexity index is 734. The number of hydrogen-bond donors (Lipinski definition) is 2. The van der Waals surface area contributed by atoms with E-state index in [1.807, 2.05) is 31.2 Å². The van der Waals surface area contributed by atoms with Crippen molar-refractivity contribution in [2.75, 3.05) is 6.54 Å². The lowest BCUT2D eigenvalue weighted by atomic mass is 10.2. The van der Waals surface area contributed by atoms with Gasteiger partial charge in [-0.1, -0.05) is 48.0 Å². The second-order valence-electron chi connectivity index (χ2n) is 5.03. The zero-order chi connectivity index (χ0) is 17.4. The highest BCUT2D eigenvalue weighted by atomic mass is 35.5. The molecule has 2 rings (SSSR count). The highest BCUT2D eigenvalue weighted by Gasteiger charge is 2.12. The molecular weight excluding hydrogens is 328 g/mol. The minimum atomic E-state index is -0.384. The molecule has 0 amide bonds. The monoisotopic (exact) mass is 346 g/mol. The van der Waals surface area contributed by atoms with Crippen molar-refractivity contribution in [3.63, 3.8) is 0 Å². The Morgan fingerprint density at radius 2 is 1.79 bits per heavy atom. The summed E-state index contributed by atoms with van der Waals surface area (Å²) in [6.45, 7) is 3.38. The first-order valence-electron chi connectivity index (χ1n) is 7.59. The van der Waals surface area contributed by atoms with Crippen molar-refractivity contribution in [3.8, 4) is 0 Å². The molecule has 0 saturated carbocycles. The lowest BCUT2D eigenvalue weighted by molar-refractivity contribution is -0.385. The number of benzene rings is 2. The van der Waals surface area contributed by atoms with Gasteiger partial charge in [-0.15, -0.1) is 0 Å². The van der Waals surface area contributed by atoms with E-state index in [2.05, 4.69) is 15.6 Å². The summed E-state index contributed by atoms with van der Waals surface area (Å²) in [6, 6.07) is 14.2. The number of nitrogens with zero attached hydrogens (tertiary/aromatic N) is 2. The van der Waals surface area contributed by atoms with Crippen molar-refractivity contribution in [3.05, 3.63) is 74.8 Å². The fourth-order valence-corrected chi connectivity index (χ4v) is 2.35. The summed E-state index contributed by atoms with van der Waals surface area (Å²) in [5.41, 5.74) is 1.61. The normalized spacial score (nSPS) is 11.2. The van der Waals surface area contributed by atoms with Crippen molar-refractivity contribution < 1.29 is 4.92 Å². The standard InChI is InChI=1S/C17H19ClN4O2/c1-2-19-17(20-11-13-7-3-5-9-15(13)18)21-12-14-8-4-6-10-16(14)22(23)24/h3-10H,2,11-12H2,1H3,(H2,19,20,21). The van der Waals surface area contributed by atoms with Gasteiger partial charge in [0.2, 0.25) is 0 Å². The Balaban J connectivity index is 2.08. The second kappa shape index (κ2) is 8.88. The molecule has 0 bridgehead atoms. The predicted octanol–water partition coefficient (Wildman–Crippen LogP) is 3.50. The number of hydrogen-bond acceptors (Lipinski definition) is 3. The largest absolute Gasteiger partial charge is 0.357 e. The first-order valence-corrected chi connectivity index (χ1v) is 7.97. The quantitative estimate of drug-likeness (QED) is 0.363. The number of aliphatic imine (C=N–C) groups is 1. The minimum Gasteiger partial charge on any atom is -0.357 e. The van der Waals surface area contributed by atoms with Gasteiger partial charge in [0.25, 0.3) is 5.69 Å². The van der Waals surface area contributed by atoms with Crippen LogP contribution >= 0.6 is 11.6 Å². The fourth-order valence-electron chi connectivity index (χ4n) is 2.15. The number of rotatable bonds is 6. The van der Waals surface area contributed by atoms with E-state index in [-0.39, 0.29) is 10.6 Å². The highest BCUT2D eigenvalue weighted by molar-refractivity contribution is 6.31. The zero-order valence-corrected chi connectivity index (χ0v) is 14.1. The van der Waals surface area contributed by atoms with Crippen molar-refractivity contribution in [2.45, 2.75) is 20.0 Å². The highest BCUT2D eigenvalue weighted by Crippen LogP contribution is 2.17. The van der Waals surface area contributed by atoms with Gasteiger partial charge in [0.05, 0.1) is 11.5 Å². The molecule has 0 aliphatic carbocycles. The smallest absolute Gasteiger partial charge is 0.274 e. The summed E-state index contributed by atoms with van der Waals surface area (Å²) in [7, 11) is 0. The molecule has 0 spiro atoms. The Hall–Kier alpha value is -2.60. The van der Waals surface area contributed by atoms with Crippen LogP contribution in [0.15, 0.2) is 53.5 Å². The minimum absolute atomic E-state index is 0.0898. The first-order chi connectivity index (χ1) is 11.6. The molecule has 2 aromatic carbocycles. The Morgan fingerprint density at radius 1 is 1.12 bits per heavy atom. The molecule has 2 N–H and O–H groups in total. The number of para-hydroxylation sites is 1. The van der Waals surface area contributed by atoms with Gasteiger partial charge in [0, 0.05) is 29.7 Å². The molecule has 24 heavy (non-hydrogen) atoms. The van der Waals surface area contributed by atoms with Gasteiger partial charge < -0.3 is 10.6 Å². The van der Waals surface area contributed by atoms with Crippen LogP contribution in [-0.4, -0.2) is 17.4 Å². The number of nitrogens with one attached hydrogen (secondary N) is 2. The molecule has 0 heterocycles. The molecular formula is C17H19ClN4O2. The van der Waals surface area contributed by atoms with Crippen molar-refractivity contribution >= 4 is 23.2 Å². The van der Waals surface area contributed by atoms with Crippen LogP contribution in [0.3, 0.4) is 0 Å². The summed E-state index contributed by atoms with van der Waals surface area (Å²) in [4.78, 5) is 15.1. The van der Waals surface area contributed by atoms with Crippen LogP contribution in [0, 0.1) is 10.1 Å². The maximum absolute atomic E-state index is 11.1. The van der Waals surface area contributed by atoms with Crippen molar-refractivity contribution in [2.24, 2.45) is 4.99 Å². The molecule has 0 saturated heterocycles. The molecule has 0 fully saturated rings. The van der Waals surface area contributed by atoms with Gasteiger partial charge in [0.1, 0.15) is 0 Å². The molecule has 0 aromatic heterocycles. The third kappa shape index (κ3) is 4.96. The summed E-state index contributed by atoms with van der Waals surface area (Å²) in [5.74, 6) is 0.579. The summed E-state index contributed by atoms with van der Waals surface area (Å²) in [6.07, 6.45) is 0. The third-order valence-electron chi connectivity index (χ3n) is 3.34. The average molecular weight is 347 g/mol. The molecule has 0 radical (unpaired) electrons. The number of guanidine groups is 1. The van der Waals surface area contributed by atoms with E-state index >= 15 is 0 Å². The number of nitro groups is 1. The SMILES string of the molecule is CCNC(=NCc1ccccc1Cl)NCc1ccccc1[N+](=O)[O-]. The molecule has 0 unspecified atom stereocenters. The first kappa shape index (κ1) is 17.7. The van der Waals surface area contributed by atoms with E-state index in [1.165, 1.54) is 6.07 Å². The van der Waals surface area contributed by atoms with E-state index in [1.54, 1.807) is 18.2 Å². The summed E-state index contributed by atoms with van der Waals surface area (Å²) >= 11 is 6.13. The van der Waals surface area contributed by atoms with E-state index < -0.39 is 0 Å². The van der Waals surface area contributed by atoms with Crippen molar-refractivity contribution in [1.29, 1.82) is 0 Å². The van der Waals surface area contributed by atoms with E-state index in [4.69, 9.17) is 11.6 Å². The molecule has 126 valence electrons. The zero-order valence-electron chi connectivity index (χ0n) is 13.3. The molecule has 0 aliphatic heterocycles. The van der Waals surface area contributed by atoms with Crippen LogP contribution in [0.1, 0.15) is 18.1 Å². The maximum atomic E-state index is 11.1. The fraction of sp³-hybridized carbons (Fsp3) is 0.235. The maximum Gasteiger partial charge on any atom is 0.274 e. The molecule has 2 aromatic rings. The Kier molecular flexibility index (Phi) is 6.57. The van der Waals surface area contributed by atoms with Crippen LogP contribution in [0.4, 0.5) is 5.69 Å². The summed E-state index contributed by atoms with van der Waals surface area (Å²) in [5, 5.41) is 18.0. The number of halogens is 1. The van der Waals surface area contributed by atoms with Crippen LogP contribution in [0.2, 0.25) is 5.02 Å². The van der Waals surface area contributed by atoms with Crippen LogP contribution in [0.5, 0.6) is 0 Å². The second-order valence-corrected chi connectivity index (χ2v) is 5.43. The van der Waals surface area contributed by atoms with Gasteiger partial charge in [-0.05, 0) is 18.6 Å².